The van der Waals surface area contributed by atoms with E-state index in [0.717, 1.165) is 41.7 Å². The zero-order valence-corrected chi connectivity index (χ0v) is 13.6. The van der Waals surface area contributed by atoms with Crippen molar-refractivity contribution in [2.45, 2.75) is 29.7 Å². The number of fused-ring (bicyclic) bond motifs is 2. The molecule has 1 aromatic carbocycles. The summed E-state index contributed by atoms with van der Waals surface area (Å²) in [4.78, 5) is 12.2. The molecular weight excluding hydrogens is 310 g/mol. The molecule has 118 valence electrons. The normalized spacial score (nSPS) is 18.6. The fourth-order valence-electron chi connectivity index (χ4n) is 3.10. The molecule has 0 bridgehead atoms. The Morgan fingerprint density at radius 2 is 2.26 bits per heavy atom. The largest absolute Gasteiger partial charge is 0.497 e. The van der Waals surface area contributed by atoms with Crippen LogP contribution in [0.4, 0.5) is 0 Å². The summed E-state index contributed by atoms with van der Waals surface area (Å²) in [5.74, 6) is 0.753. The Labute approximate surface area is 136 Å². The van der Waals surface area contributed by atoms with Crippen molar-refractivity contribution >= 4 is 21.8 Å². The number of nitrogens with one attached hydrogen (secondary N) is 1. The van der Waals surface area contributed by atoms with Crippen molar-refractivity contribution in [3.05, 3.63) is 47.8 Å². The SMILES string of the molecule is COc1ccc2nc(S(=O)C3CCCc4cccnc43)[nH]c2c1. The molecule has 23 heavy (non-hydrogen) atoms. The molecule has 6 heteroatoms. The minimum absolute atomic E-state index is 0.0950. The van der Waals surface area contributed by atoms with Gasteiger partial charge in [0.15, 0.2) is 5.16 Å². The van der Waals surface area contributed by atoms with E-state index in [-0.39, 0.29) is 5.25 Å². The quantitative estimate of drug-likeness (QED) is 0.802. The zero-order valence-electron chi connectivity index (χ0n) is 12.8. The minimum atomic E-state index is -1.24. The Morgan fingerprint density at radius 1 is 1.35 bits per heavy atom. The number of methoxy groups -OCH3 is 1. The minimum Gasteiger partial charge on any atom is -0.497 e. The van der Waals surface area contributed by atoms with Gasteiger partial charge in [0.05, 0.1) is 39.9 Å². The number of imidazole rings is 1. The molecule has 0 spiro atoms. The second kappa shape index (κ2) is 5.77. The fourth-order valence-corrected chi connectivity index (χ4v) is 4.56. The van der Waals surface area contributed by atoms with E-state index in [1.54, 1.807) is 13.3 Å². The molecule has 0 fully saturated rings. The highest BCUT2D eigenvalue weighted by Gasteiger charge is 2.29. The summed E-state index contributed by atoms with van der Waals surface area (Å²) in [6.07, 6.45) is 4.69. The topological polar surface area (TPSA) is 67.9 Å². The van der Waals surface area contributed by atoms with E-state index < -0.39 is 10.8 Å². The van der Waals surface area contributed by atoms with E-state index >= 15 is 0 Å². The smallest absolute Gasteiger partial charge is 0.198 e. The van der Waals surface area contributed by atoms with E-state index in [1.807, 2.05) is 24.3 Å². The van der Waals surface area contributed by atoms with Gasteiger partial charge in [-0.15, -0.1) is 0 Å². The highest BCUT2D eigenvalue weighted by Crippen LogP contribution is 2.35. The summed E-state index contributed by atoms with van der Waals surface area (Å²) in [6, 6.07) is 9.62. The average Bonchev–Trinajstić information content (AvgIpc) is 3.03. The predicted octanol–water partition coefficient (Wildman–Crippen LogP) is 3.15. The number of hydrogen-bond acceptors (Lipinski definition) is 4. The third-order valence-corrected chi connectivity index (χ3v) is 5.81. The van der Waals surface area contributed by atoms with Gasteiger partial charge in [-0.2, -0.15) is 0 Å². The van der Waals surface area contributed by atoms with Crippen LogP contribution in [-0.4, -0.2) is 26.3 Å². The fraction of sp³-hybridized carbons (Fsp3) is 0.294. The van der Waals surface area contributed by atoms with Crippen LogP contribution < -0.4 is 4.74 Å². The number of benzene rings is 1. The van der Waals surface area contributed by atoms with Crippen LogP contribution in [0.5, 0.6) is 5.75 Å². The third kappa shape index (κ3) is 2.53. The van der Waals surface area contributed by atoms with Crippen LogP contribution in [0.15, 0.2) is 41.7 Å². The number of aromatic nitrogens is 3. The summed E-state index contributed by atoms with van der Waals surface area (Å²) >= 11 is 0. The lowest BCUT2D eigenvalue weighted by Gasteiger charge is -2.22. The zero-order chi connectivity index (χ0) is 15.8. The molecule has 1 aliphatic carbocycles. The number of aryl methyl sites for hydroxylation is 1. The summed E-state index contributed by atoms with van der Waals surface area (Å²) in [5.41, 5.74) is 3.79. The van der Waals surface area contributed by atoms with E-state index in [2.05, 4.69) is 21.0 Å². The van der Waals surface area contributed by atoms with Crippen molar-refractivity contribution in [3.8, 4) is 5.75 Å². The number of pyridine rings is 1. The lowest BCUT2D eigenvalue weighted by Crippen LogP contribution is -2.17. The second-order valence-electron chi connectivity index (χ2n) is 5.65. The molecule has 2 heterocycles. The molecule has 1 N–H and O–H groups in total. The van der Waals surface area contributed by atoms with Gasteiger partial charge in [-0.25, -0.2) is 4.98 Å². The summed E-state index contributed by atoms with van der Waals surface area (Å²) in [6.45, 7) is 0. The van der Waals surface area contributed by atoms with Gasteiger partial charge < -0.3 is 9.72 Å². The maximum Gasteiger partial charge on any atom is 0.198 e. The second-order valence-corrected chi connectivity index (χ2v) is 7.20. The van der Waals surface area contributed by atoms with Gasteiger partial charge in [-0.3, -0.25) is 9.19 Å². The maximum absolute atomic E-state index is 13.0. The number of aromatic amines is 1. The first-order valence-corrected chi connectivity index (χ1v) is 8.85. The molecule has 2 unspecified atom stereocenters. The van der Waals surface area contributed by atoms with Gasteiger partial charge in [0.1, 0.15) is 5.75 Å². The van der Waals surface area contributed by atoms with E-state index in [1.165, 1.54) is 5.56 Å². The summed E-state index contributed by atoms with van der Waals surface area (Å²) in [5, 5.41) is 0.416. The standard InChI is InChI=1S/C17H17N3O2S/c1-22-12-7-8-13-14(10-12)20-17(19-13)23(21)15-6-2-4-11-5-3-9-18-16(11)15/h3,5,7-10,15H,2,4,6H2,1H3,(H,19,20). The van der Waals surface area contributed by atoms with Crippen LogP contribution in [-0.2, 0) is 17.2 Å². The van der Waals surface area contributed by atoms with Crippen LogP contribution in [0, 0.1) is 0 Å². The molecule has 1 aliphatic rings. The van der Waals surface area contributed by atoms with E-state index in [4.69, 9.17) is 4.74 Å². The number of ether oxygens (including phenoxy) is 1. The van der Waals surface area contributed by atoms with Crippen LogP contribution in [0.2, 0.25) is 0 Å². The van der Waals surface area contributed by atoms with Gasteiger partial charge in [0, 0.05) is 12.3 Å². The number of hydrogen-bond donors (Lipinski definition) is 1. The summed E-state index contributed by atoms with van der Waals surface area (Å²) in [7, 11) is 0.384. The number of H-pyrrole nitrogens is 1. The van der Waals surface area contributed by atoms with Gasteiger partial charge in [0.25, 0.3) is 0 Å². The third-order valence-electron chi connectivity index (χ3n) is 4.26. The van der Waals surface area contributed by atoms with Gasteiger partial charge in [-0.1, -0.05) is 6.07 Å². The van der Waals surface area contributed by atoms with Gasteiger partial charge in [-0.05, 0) is 43.0 Å². The van der Waals surface area contributed by atoms with Gasteiger partial charge >= 0.3 is 0 Å². The van der Waals surface area contributed by atoms with Crippen LogP contribution in [0.3, 0.4) is 0 Å². The molecule has 0 radical (unpaired) electrons. The summed E-state index contributed by atoms with van der Waals surface area (Å²) < 4.78 is 18.3. The molecular formula is C17H17N3O2S. The lowest BCUT2D eigenvalue weighted by atomic mass is 9.96. The molecule has 2 aromatic heterocycles. The van der Waals surface area contributed by atoms with Crippen LogP contribution >= 0.6 is 0 Å². The molecule has 5 nitrogen and oxygen atoms in total. The van der Waals surface area contributed by atoms with E-state index in [0.29, 0.717) is 5.16 Å². The van der Waals surface area contributed by atoms with Crippen molar-refractivity contribution in [1.82, 2.24) is 15.0 Å². The Balaban J connectivity index is 1.72. The first-order chi connectivity index (χ1) is 11.3. The van der Waals surface area contributed by atoms with Crippen molar-refractivity contribution in [2.75, 3.05) is 7.11 Å². The van der Waals surface area contributed by atoms with Gasteiger partial charge in [0.2, 0.25) is 0 Å². The Bertz CT molecular complexity index is 890. The number of nitrogens with zero attached hydrogens (tertiary/aromatic N) is 2. The molecule has 4 rings (SSSR count). The van der Waals surface area contributed by atoms with E-state index in [9.17, 15) is 4.21 Å². The van der Waals surface area contributed by atoms with Crippen molar-refractivity contribution < 1.29 is 8.95 Å². The van der Waals surface area contributed by atoms with Crippen LogP contribution in [0.25, 0.3) is 11.0 Å². The molecule has 0 saturated heterocycles. The molecule has 3 aromatic rings. The maximum atomic E-state index is 13.0. The Kier molecular flexibility index (Phi) is 3.61. The highest BCUT2D eigenvalue weighted by atomic mass is 32.2. The molecule has 0 saturated carbocycles. The van der Waals surface area contributed by atoms with Crippen molar-refractivity contribution in [1.29, 1.82) is 0 Å². The Morgan fingerprint density at radius 3 is 3.13 bits per heavy atom. The predicted molar refractivity (Wildman–Crippen MR) is 89.0 cm³/mol. The lowest BCUT2D eigenvalue weighted by molar-refractivity contribution is 0.415. The monoisotopic (exact) mass is 327 g/mol. The average molecular weight is 327 g/mol. The molecule has 0 aliphatic heterocycles. The molecule has 2 atom stereocenters. The van der Waals surface area contributed by atoms with Crippen molar-refractivity contribution in [3.63, 3.8) is 0 Å². The highest BCUT2D eigenvalue weighted by molar-refractivity contribution is 7.85. The molecule has 0 amide bonds. The van der Waals surface area contributed by atoms with Crippen LogP contribution in [0.1, 0.15) is 29.3 Å². The first-order valence-electron chi connectivity index (χ1n) is 7.64. The van der Waals surface area contributed by atoms with Crippen molar-refractivity contribution in [2.24, 2.45) is 0 Å². The Hall–Kier alpha value is -2.21. The number of rotatable bonds is 3. The first kappa shape index (κ1) is 14.4.